The minimum absolute atomic E-state index is 0.0335. The first-order valence-electron chi connectivity index (χ1n) is 7.22. The van der Waals surface area contributed by atoms with Crippen LogP contribution in [-0.2, 0) is 4.79 Å². The Morgan fingerprint density at radius 1 is 1.39 bits per heavy atom. The lowest BCUT2D eigenvalue weighted by molar-refractivity contribution is -0.120. The van der Waals surface area contributed by atoms with Crippen LogP contribution in [0.15, 0.2) is 35.2 Å². The fraction of sp³-hybridized carbons (Fsp3) is 0.312. The second kappa shape index (κ2) is 8.12. The van der Waals surface area contributed by atoms with Gasteiger partial charge in [-0.1, -0.05) is 35.2 Å². The van der Waals surface area contributed by atoms with Crippen molar-refractivity contribution in [3.63, 3.8) is 0 Å². The number of nitrogens with zero attached hydrogens (tertiary/aromatic N) is 2. The third-order valence-corrected chi connectivity index (χ3v) is 5.26. The molecule has 0 bridgehead atoms. The minimum Gasteiger partial charge on any atom is -0.352 e. The fourth-order valence-corrected chi connectivity index (χ4v) is 3.71. The summed E-state index contributed by atoms with van der Waals surface area (Å²) in [4.78, 5) is 11.8. The lowest BCUT2D eigenvalue weighted by atomic mass is 10.1. The monoisotopic (exact) mass is 348 g/mol. The Kier molecular flexibility index (Phi) is 6.18. The standard InChI is InChI=1S/C16H20N4OS2/c1-5-8-17-14(21)12(4)22-16-20-19-15(23-16)18-13-7-6-10(2)11(3)9-13/h5-7,9,12H,1,8H2,2-4H3,(H,17,21)(H,18,19). The van der Waals surface area contributed by atoms with E-state index in [9.17, 15) is 4.79 Å². The van der Waals surface area contributed by atoms with Crippen LogP contribution >= 0.6 is 23.1 Å². The summed E-state index contributed by atoms with van der Waals surface area (Å²) in [5.41, 5.74) is 3.46. The molecule has 0 aliphatic carbocycles. The number of anilines is 2. The number of benzene rings is 1. The van der Waals surface area contributed by atoms with Crippen molar-refractivity contribution >= 4 is 39.8 Å². The molecule has 2 aromatic rings. The molecule has 1 atom stereocenters. The molecule has 0 saturated carbocycles. The molecule has 1 aromatic heterocycles. The second-order valence-electron chi connectivity index (χ2n) is 5.09. The van der Waals surface area contributed by atoms with Crippen LogP contribution in [0.5, 0.6) is 0 Å². The van der Waals surface area contributed by atoms with Crippen LogP contribution < -0.4 is 10.6 Å². The van der Waals surface area contributed by atoms with Crippen LogP contribution in [-0.4, -0.2) is 27.9 Å². The van der Waals surface area contributed by atoms with Gasteiger partial charge in [0, 0.05) is 12.2 Å². The largest absolute Gasteiger partial charge is 0.352 e. The van der Waals surface area contributed by atoms with Crippen molar-refractivity contribution in [1.82, 2.24) is 15.5 Å². The highest BCUT2D eigenvalue weighted by atomic mass is 32.2. The molecule has 0 radical (unpaired) electrons. The summed E-state index contributed by atoms with van der Waals surface area (Å²) in [6, 6.07) is 6.16. The van der Waals surface area contributed by atoms with Crippen molar-refractivity contribution in [3.8, 4) is 0 Å². The van der Waals surface area contributed by atoms with E-state index < -0.39 is 0 Å². The summed E-state index contributed by atoms with van der Waals surface area (Å²) >= 11 is 2.83. The molecular formula is C16H20N4OS2. The number of rotatable bonds is 7. The maximum atomic E-state index is 11.8. The van der Waals surface area contributed by atoms with Gasteiger partial charge in [0.05, 0.1) is 5.25 Å². The number of nitrogens with one attached hydrogen (secondary N) is 2. The zero-order chi connectivity index (χ0) is 16.8. The molecule has 0 spiro atoms. The van der Waals surface area contributed by atoms with Gasteiger partial charge in [-0.2, -0.15) is 0 Å². The molecule has 1 amide bonds. The molecular weight excluding hydrogens is 328 g/mol. The molecule has 2 rings (SSSR count). The molecule has 0 aliphatic heterocycles. The van der Waals surface area contributed by atoms with E-state index in [4.69, 9.17) is 0 Å². The van der Waals surface area contributed by atoms with Gasteiger partial charge in [0.25, 0.3) is 0 Å². The van der Waals surface area contributed by atoms with Crippen LogP contribution in [0.1, 0.15) is 18.1 Å². The fourth-order valence-electron chi connectivity index (χ4n) is 1.77. The number of carbonyl (C=O) groups excluding carboxylic acids is 1. The maximum Gasteiger partial charge on any atom is 0.233 e. The molecule has 5 nitrogen and oxygen atoms in total. The van der Waals surface area contributed by atoms with Crippen molar-refractivity contribution < 1.29 is 4.79 Å². The Balaban J connectivity index is 1.96. The SMILES string of the molecule is C=CCNC(=O)C(C)Sc1nnc(Nc2ccc(C)c(C)c2)s1. The topological polar surface area (TPSA) is 66.9 Å². The number of carbonyl (C=O) groups is 1. The Hall–Kier alpha value is -1.86. The number of thioether (sulfide) groups is 1. The molecule has 122 valence electrons. The van der Waals surface area contributed by atoms with Crippen molar-refractivity contribution in [2.24, 2.45) is 0 Å². The van der Waals surface area contributed by atoms with Crippen LogP contribution in [0.25, 0.3) is 0 Å². The summed E-state index contributed by atoms with van der Waals surface area (Å²) in [5, 5.41) is 14.8. The zero-order valence-corrected chi connectivity index (χ0v) is 15.1. The molecule has 0 fully saturated rings. The first kappa shape index (κ1) is 17.5. The zero-order valence-electron chi connectivity index (χ0n) is 13.4. The third kappa shape index (κ3) is 5.07. The first-order valence-corrected chi connectivity index (χ1v) is 8.92. The van der Waals surface area contributed by atoms with E-state index in [-0.39, 0.29) is 11.2 Å². The Morgan fingerprint density at radius 3 is 2.87 bits per heavy atom. The van der Waals surface area contributed by atoms with Crippen LogP contribution in [0, 0.1) is 13.8 Å². The Morgan fingerprint density at radius 2 is 2.17 bits per heavy atom. The Labute approximate surface area is 144 Å². The van der Waals surface area contributed by atoms with E-state index in [0.717, 1.165) is 15.2 Å². The normalized spacial score (nSPS) is 11.8. The van der Waals surface area contributed by atoms with E-state index in [0.29, 0.717) is 6.54 Å². The van der Waals surface area contributed by atoms with E-state index in [2.05, 4.69) is 53.4 Å². The van der Waals surface area contributed by atoms with E-state index in [1.54, 1.807) is 6.08 Å². The quantitative estimate of drug-likeness (QED) is 0.590. The molecule has 0 aliphatic rings. The lowest BCUT2D eigenvalue weighted by Gasteiger charge is -2.08. The third-order valence-electron chi connectivity index (χ3n) is 3.23. The van der Waals surface area contributed by atoms with Crippen molar-refractivity contribution in [3.05, 3.63) is 42.0 Å². The second-order valence-corrected chi connectivity index (χ2v) is 7.66. The maximum absolute atomic E-state index is 11.8. The highest BCUT2D eigenvalue weighted by Gasteiger charge is 2.16. The predicted molar refractivity (Wildman–Crippen MR) is 97.6 cm³/mol. The number of aromatic nitrogens is 2. The average molecular weight is 348 g/mol. The van der Waals surface area contributed by atoms with Gasteiger partial charge in [0.15, 0.2) is 4.34 Å². The lowest BCUT2D eigenvalue weighted by Crippen LogP contribution is -2.30. The van der Waals surface area contributed by atoms with Gasteiger partial charge < -0.3 is 10.6 Å². The summed E-state index contributed by atoms with van der Waals surface area (Å²) in [7, 11) is 0. The number of hydrogen-bond donors (Lipinski definition) is 2. The molecule has 2 N–H and O–H groups in total. The van der Waals surface area contributed by atoms with Gasteiger partial charge in [0.2, 0.25) is 11.0 Å². The van der Waals surface area contributed by atoms with E-state index in [1.165, 1.54) is 34.2 Å². The number of hydrogen-bond acceptors (Lipinski definition) is 6. The van der Waals surface area contributed by atoms with Gasteiger partial charge in [-0.25, -0.2) is 0 Å². The average Bonchev–Trinajstić information content (AvgIpc) is 2.95. The molecule has 23 heavy (non-hydrogen) atoms. The minimum atomic E-state index is -0.225. The van der Waals surface area contributed by atoms with Gasteiger partial charge in [-0.3, -0.25) is 4.79 Å². The van der Waals surface area contributed by atoms with E-state index >= 15 is 0 Å². The summed E-state index contributed by atoms with van der Waals surface area (Å²) in [6.07, 6.45) is 1.66. The Bertz CT molecular complexity index is 699. The highest BCUT2D eigenvalue weighted by molar-refractivity contribution is 8.02. The molecule has 0 saturated heterocycles. The van der Waals surface area contributed by atoms with Gasteiger partial charge in [-0.15, -0.1) is 16.8 Å². The van der Waals surface area contributed by atoms with Gasteiger partial charge >= 0.3 is 0 Å². The van der Waals surface area contributed by atoms with Crippen LogP contribution in [0.2, 0.25) is 0 Å². The van der Waals surface area contributed by atoms with Crippen LogP contribution in [0.4, 0.5) is 10.8 Å². The number of amides is 1. The van der Waals surface area contributed by atoms with Crippen LogP contribution in [0.3, 0.4) is 0 Å². The molecule has 1 heterocycles. The summed E-state index contributed by atoms with van der Waals surface area (Å²) < 4.78 is 0.762. The van der Waals surface area contributed by atoms with Crippen molar-refractivity contribution in [2.75, 3.05) is 11.9 Å². The van der Waals surface area contributed by atoms with Gasteiger partial charge in [-0.05, 0) is 44.0 Å². The predicted octanol–water partition coefficient (Wildman–Crippen LogP) is 3.68. The summed E-state index contributed by atoms with van der Waals surface area (Å²) in [5.74, 6) is -0.0335. The van der Waals surface area contributed by atoms with E-state index in [1.807, 2.05) is 13.0 Å². The number of aryl methyl sites for hydroxylation is 2. The van der Waals surface area contributed by atoms with Gasteiger partial charge in [0.1, 0.15) is 0 Å². The molecule has 7 heteroatoms. The molecule has 1 aromatic carbocycles. The first-order chi connectivity index (χ1) is 11.0. The smallest absolute Gasteiger partial charge is 0.233 e. The molecule has 1 unspecified atom stereocenters. The van der Waals surface area contributed by atoms with Crippen molar-refractivity contribution in [1.29, 1.82) is 0 Å². The summed E-state index contributed by atoms with van der Waals surface area (Å²) in [6.45, 7) is 10.1. The van der Waals surface area contributed by atoms with Crippen molar-refractivity contribution in [2.45, 2.75) is 30.4 Å². The highest BCUT2D eigenvalue weighted by Crippen LogP contribution is 2.30.